The van der Waals surface area contributed by atoms with Crippen LogP contribution in [0.4, 0.5) is 14.5 Å². The Morgan fingerprint density at radius 1 is 1.17 bits per heavy atom. The number of amides is 1. The van der Waals surface area contributed by atoms with Crippen LogP contribution in [0.25, 0.3) is 0 Å². The fourth-order valence-electron chi connectivity index (χ4n) is 1.82. The lowest BCUT2D eigenvalue weighted by Gasteiger charge is -2.11. The Bertz CT molecular complexity index is 670. The molecule has 0 fully saturated rings. The zero-order chi connectivity index (χ0) is 16.7. The molecule has 0 aliphatic heterocycles. The molecule has 0 aromatic heterocycles. The lowest BCUT2D eigenvalue weighted by Crippen LogP contribution is -2.15. The fourth-order valence-corrected chi connectivity index (χ4v) is 2.94. The minimum Gasteiger partial charge on any atom is -0.433 e. The summed E-state index contributed by atoms with van der Waals surface area (Å²) in [6.07, 6.45) is 0. The maximum atomic E-state index is 12.3. The van der Waals surface area contributed by atoms with Gasteiger partial charge in [0.05, 0.1) is 11.4 Å². The van der Waals surface area contributed by atoms with Crippen LogP contribution in [0, 0.1) is 0 Å². The van der Waals surface area contributed by atoms with E-state index in [1.165, 1.54) is 23.9 Å². The predicted molar refractivity (Wildman–Crippen MR) is 89.3 cm³/mol. The van der Waals surface area contributed by atoms with Crippen LogP contribution < -0.4 is 10.1 Å². The van der Waals surface area contributed by atoms with Gasteiger partial charge in [-0.05, 0) is 23.8 Å². The number of para-hydroxylation sites is 2. The number of anilines is 1. The Morgan fingerprint density at radius 3 is 2.61 bits per heavy atom. The van der Waals surface area contributed by atoms with Gasteiger partial charge >= 0.3 is 6.61 Å². The summed E-state index contributed by atoms with van der Waals surface area (Å²) in [5.74, 6) is 0.399. The average Bonchev–Trinajstić information content (AvgIpc) is 2.51. The van der Waals surface area contributed by atoms with Crippen LogP contribution in [0.3, 0.4) is 0 Å². The van der Waals surface area contributed by atoms with Crippen molar-refractivity contribution in [3.63, 3.8) is 0 Å². The molecule has 0 saturated heterocycles. The molecule has 23 heavy (non-hydrogen) atoms. The topological polar surface area (TPSA) is 38.3 Å². The van der Waals surface area contributed by atoms with Crippen LogP contribution >= 0.6 is 23.4 Å². The second-order valence-corrected chi connectivity index (χ2v) is 5.90. The number of halogens is 3. The maximum absolute atomic E-state index is 12.3. The minimum absolute atomic E-state index is 0.0630. The summed E-state index contributed by atoms with van der Waals surface area (Å²) < 4.78 is 29.0. The van der Waals surface area contributed by atoms with Gasteiger partial charge < -0.3 is 10.1 Å². The third kappa shape index (κ3) is 5.73. The molecule has 0 radical (unpaired) electrons. The van der Waals surface area contributed by atoms with Crippen molar-refractivity contribution in [2.24, 2.45) is 0 Å². The van der Waals surface area contributed by atoms with E-state index in [-0.39, 0.29) is 23.1 Å². The molecule has 0 unspecified atom stereocenters. The molecular weight excluding hydrogens is 344 g/mol. The smallest absolute Gasteiger partial charge is 0.387 e. The second-order valence-electron chi connectivity index (χ2n) is 4.51. The Kier molecular flexibility index (Phi) is 6.67. The Labute approximate surface area is 142 Å². The van der Waals surface area contributed by atoms with Crippen molar-refractivity contribution >= 4 is 35.0 Å². The van der Waals surface area contributed by atoms with Gasteiger partial charge in [0, 0.05) is 10.8 Å². The molecule has 1 amide bonds. The summed E-state index contributed by atoms with van der Waals surface area (Å²) >= 11 is 7.42. The van der Waals surface area contributed by atoms with E-state index in [0.717, 1.165) is 5.56 Å². The number of carbonyl (C=O) groups excluding carboxylic acids is 1. The first kappa shape index (κ1) is 17.6. The Hall–Kier alpha value is -1.79. The Balaban J connectivity index is 1.87. The molecule has 0 heterocycles. The van der Waals surface area contributed by atoms with E-state index in [1.807, 2.05) is 18.2 Å². The van der Waals surface area contributed by atoms with E-state index in [1.54, 1.807) is 18.2 Å². The van der Waals surface area contributed by atoms with Crippen LogP contribution in [-0.2, 0) is 10.5 Å². The van der Waals surface area contributed by atoms with E-state index in [9.17, 15) is 13.6 Å². The standard InChI is InChI=1S/C16H14ClF2NO2S/c17-12-6-2-1-5-11(12)9-23-10-15(21)20-13-7-3-4-8-14(13)22-16(18)19/h1-8,16H,9-10H2,(H,20,21). The number of ether oxygens (including phenoxy) is 1. The molecule has 2 rings (SSSR count). The molecule has 0 aliphatic carbocycles. The second kappa shape index (κ2) is 8.74. The van der Waals surface area contributed by atoms with Crippen LogP contribution in [0.15, 0.2) is 48.5 Å². The number of rotatable bonds is 7. The van der Waals surface area contributed by atoms with E-state index >= 15 is 0 Å². The number of hydrogen-bond acceptors (Lipinski definition) is 3. The van der Waals surface area contributed by atoms with Crippen molar-refractivity contribution in [3.05, 3.63) is 59.1 Å². The van der Waals surface area contributed by atoms with Crippen molar-refractivity contribution in [2.75, 3.05) is 11.1 Å². The van der Waals surface area contributed by atoms with Crippen LogP contribution in [-0.4, -0.2) is 18.3 Å². The monoisotopic (exact) mass is 357 g/mol. The molecule has 7 heteroatoms. The first-order valence-corrected chi connectivity index (χ1v) is 8.24. The summed E-state index contributed by atoms with van der Waals surface area (Å²) in [5.41, 5.74) is 1.16. The molecule has 0 saturated carbocycles. The van der Waals surface area contributed by atoms with Gasteiger partial charge in [-0.1, -0.05) is 41.9 Å². The summed E-state index contributed by atoms with van der Waals surface area (Å²) in [4.78, 5) is 11.9. The highest BCUT2D eigenvalue weighted by atomic mass is 35.5. The van der Waals surface area contributed by atoms with Gasteiger partial charge in [-0.15, -0.1) is 11.8 Å². The quantitative estimate of drug-likeness (QED) is 0.772. The molecule has 0 atom stereocenters. The molecule has 0 bridgehead atoms. The van der Waals surface area contributed by atoms with Crippen molar-refractivity contribution < 1.29 is 18.3 Å². The maximum Gasteiger partial charge on any atom is 0.387 e. The number of alkyl halides is 2. The van der Waals surface area contributed by atoms with Crippen molar-refractivity contribution in [2.45, 2.75) is 12.4 Å². The molecule has 0 aliphatic rings. The fraction of sp³-hybridized carbons (Fsp3) is 0.188. The van der Waals surface area contributed by atoms with Crippen molar-refractivity contribution in [3.8, 4) is 5.75 Å². The predicted octanol–water partition coefficient (Wildman–Crippen LogP) is 4.81. The van der Waals surface area contributed by atoms with Crippen molar-refractivity contribution in [1.82, 2.24) is 0 Å². The van der Waals surface area contributed by atoms with Gasteiger partial charge in [-0.3, -0.25) is 4.79 Å². The lowest BCUT2D eigenvalue weighted by molar-refractivity contribution is -0.113. The van der Waals surface area contributed by atoms with Crippen molar-refractivity contribution in [1.29, 1.82) is 0 Å². The highest BCUT2D eigenvalue weighted by Crippen LogP contribution is 2.26. The SMILES string of the molecule is O=C(CSCc1ccccc1Cl)Nc1ccccc1OC(F)F. The molecule has 2 aromatic carbocycles. The largest absolute Gasteiger partial charge is 0.433 e. The van der Waals surface area contributed by atoms with Crippen LogP contribution in [0.1, 0.15) is 5.56 Å². The zero-order valence-electron chi connectivity index (χ0n) is 12.0. The summed E-state index contributed by atoms with van der Waals surface area (Å²) in [6.45, 7) is -2.94. The average molecular weight is 358 g/mol. The molecule has 0 spiro atoms. The van der Waals surface area contributed by atoms with Gasteiger partial charge in [-0.2, -0.15) is 8.78 Å². The van der Waals surface area contributed by atoms with Gasteiger partial charge in [-0.25, -0.2) is 0 Å². The highest BCUT2D eigenvalue weighted by Gasteiger charge is 2.11. The molecule has 2 aromatic rings. The van der Waals surface area contributed by atoms with E-state index in [2.05, 4.69) is 10.1 Å². The number of hydrogen-bond donors (Lipinski definition) is 1. The van der Waals surface area contributed by atoms with Gasteiger partial charge in [0.15, 0.2) is 0 Å². The van der Waals surface area contributed by atoms with Gasteiger partial charge in [0.2, 0.25) is 5.91 Å². The number of thioether (sulfide) groups is 1. The van der Waals surface area contributed by atoms with E-state index in [0.29, 0.717) is 10.8 Å². The van der Waals surface area contributed by atoms with Gasteiger partial charge in [0.1, 0.15) is 5.75 Å². The van der Waals surface area contributed by atoms with Crippen LogP contribution in [0.2, 0.25) is 5.02 Å². The summed E-state index contributed by atoms with van der Waals surface area (Å²) in [7, 11) is 0. The third-order valence-corrected chi connectivity index (χ3v) is 4.18. The van der Waals surface area contributed by atoms with Gasteiger partial charge in [0.25, 0.3) is 0 Å². The van der Waals surface area contributed by atoms with E-state index in [4.69, 9.17) is 11.6 Å². The summed E-state index contributed by atoms with van der Waals surface area (Å²) in [5, 5.41) is 3.21. The molecule has 122 valence electrons. The summed E-state index contributed by atoms with van der Waals surface area (Å²) in [6, 6.07) is 13.5. The lowest BCUT2D eigenvalue weighted by atomic mass is 10.2. The van der Waals surface area contributed by atoms with Crippen LogP contribution in [0.5, 0.6) is 5.75 Å². The number of nitrogens with one attached hydrogen (secondary N) is 1. The first-order chi connectivity index (χ1) is 11.1. The number of benzene rings is 2. The minimum atomic E-state index is -2.94. The molecular formula is C16H14ClF2NO2S. The first-order valence-electron chi connectivity index (χ1n) is 6.71. The zero-order valence-corrected chi connectivity index (χ0v) is 13.5. The highest BCUT2D eigenvalue weighted by molar-refractivity contribution is 7.99. The normalized spacial score (nSPS) is 10.6. The molecule has 3 nitrogen and oxygen atoms in total. The van der Waals surface area contributed by atoms with E-state index < -0.39 is 6.61 Å². The molecule has 1 N–H and O–H groups in total. The Morgan fingerprint density at radius 2 is 1.87 bits per heavy atom. The number of carbonyl (C=O) groups is 1. The third-order valence-electron chi connectivity index (χ3n) is 2.83.